The Hall–Kier alpha value is -1.10. The average Bonchev–Trinajstić information content (AvgIpc) is 2.47. The van der Waals surface area contributed by atoms with Crippen molar-refractivity contribution in [2.45, 2.75) is 13.0 Å². The maximum Gasteiger partial charge on any atom is 0.123 e. The first-order valence-corrected chi connectivity index (χ1v) is 7.04. The quantitative estimate of drug-likeness (QED) is 0.839. The summed E-state index contributed by atoms with van der Waals surface area (Å²) in [5.74, 6) is 1.30. The van der Waals surface area contributed by atoms with Crippen molar-refractivity contribution < 1.29 is 4.74 Å². The van der Waals surface area contributed by atoms with E-state index in [0.29, 0.717) is 5.92 Å². The lowest BCUT2D eigenvalue weighted by atomic mass is 9.94. The van der Waals surface area contributed by atoms with Gasteiger partial charge < -0.3 is 20.7 Å². The molecule has 0 aromatic heterocycles. The maximum atomic E-state index is 6.41. The van der Waals surface area contributed by atoms with E-state index in [-0.39, 0.29) is 6.04 Å². The van der Waals surface area contributed by atoms with Crippen LogP contribution in [-0.4, -0.2) is 44.7 Å². The summed E-state index contributed by atoms with van der Waals surface area (Å²) in [5, 5.41) is 3.37. The molecule has 1 aromatic rings. The van der Waals surface area contributed by atoms with Crippen molar-refractivity contribution in [2.75, 3.05) is 39.8 Å². The summed E-state index contributed by atoms with van der Waals surface area (Å²) in [5.41, 5.74) is 7.51. The van der Waals surface area contributed by atoms with Gasteiger partial charge in [-0.25, -0.2) is 0 Å². The van der Waals surface area contributed by atoms with Gasteiger partial charge in [-0.15, -0.1) is 0 Å². The van der Waals surface area contributed by atoms with Crippen molar-refractivity contribution in [3.63, 3.8) is 0 Å². The monoisotopic (exact) mass is 263 g/mol. The second kappa shape index (κ2) is 6.89. The van der Waals surface area contributed by atoms with E-state index in [1.54, 1.807) is 7.11 Å². The molecule has 1 saturated heterocycles. The van der Waals surface area contributed by atoms with Gasteiger partial charge in [-0.2, -0.15) is 0 Å². The summed E-state index contributed by atoms with van der Waals surface area (Å²) in [6, 6.07) is 8.07. The Balaban J connectivity index is 1.99. The molecule has 106 valence electrons. The standard InChI is InChI=1S/C15H25N3O/c1-12(11-18-9-7-17-8-10-18)15(16)13-5-3-4-6-14(13)19-2/h3-6,12,15,17H,7-11,16H2,1-2H3. The van der Waals surface area contributed by atoms with Gasteiger partial charge in [0.1, 0.15) is 5.75 Å². The van der Waals surface area contributed by atoms with Crippen molar-refractivity contribution in [2.24, 2.45) is 11.7 Å². The van der Waals surface area contributed by atoms with Gasteiger partial charge in [0, 0.05) is 44.3 Å². The molecule has 4 nitrogen and oxygen atoms in total. The first-order chi connectivity index (χ1) is 9.22. The third-order valence-electron chi connectivity index (χ3n) is 3.87. The highest BCUT2D eigenvalue weighted by Gasteiger charge is 2.21. The highest BCUT2D eigenvalue weighted by molar-refractivity contribution is 5.36. The highest BCUT2D eigenvalue weighted by Crippen LogP contribution is 2.28. The van der Waals surface area contributed by atoms with E-state index in [2.05, 4.69) is 23.2 Å². The van der Waals surface area contributed by atoms with Crippen LogP contribution in [0.15, 0.2) is 24.3 Å². The predicted octanol–water partition coefficient (Wildman–Crippen LogP) is 1.24. The fourth-order valence-corrected chi connectivity index (χ4v) is 2.66. The topological polar surface area (TPSA) is 50.5 Å². The molecule has 0 spiro atoms. The van der Waals surface area contributed by atoms with Crippen LogP contribution in [0.5, 0.6) is 5.75 Å². The lowest BCUT2D eigenvalue weighted by Gasteiger charge is -2.32. The predicted molar refractivity (Wildman–Crippen MR) is 78.4 cm³/mol. The van der Waals surface area contributed by atoms with Crippen LogP contribution in [0.4, 0.5) is 0 Å². The molecule has 1 fully saturated rings. The van der Waals surface area contributed by atoms with Gasteiger partial charge in [0.05, 0.1) is 7.11 Å². The van der Waals surface area contributed by atoms with Crippen LogP contribution >= 0.6 is 0 Å². The van der Waals surface area contributed by atoms with Crippen LogP contribution < -0.4 is 15.8 Å². The number of nitrogens with zero attached hydrogens (tertiary/aromatic N) is 1. The van der Waals surface area contributed by atoms with Crippen LogP contribution in [0.1, 0.15) is 18.5 Å². The Kier molecular flexibility index (Phi) is 5.19. The number of piperazine rings is 1. The minimum Gasteiger partial charge on any atom is -0.496 e. The number of para-hydroxylation sites is 1. The summed E-state index contributed by atoms with van der Waals surface area (Å²) in [6.07, 6.45) is 0. The Bertz CT molecular complexity index is 391. The lowest BCUT2D eigenvalue weighted by molar-refractivity contribution is 0.198. The van der Waals surface area contributed by atoms with Gasteiger partial charge in [0.2, 0.25) is 0 Å². The molecule has 0 saturated carbocycles. The molecule has 1 aliphatic rings. The number of methoxy groups -OCH3 is 1. The van der Waals surface area contributed by atoms with E-state index < -0.39 is 0 Å². The van der Waals surface area contributed by atoms with Crippen molar-refractivity contribution in [3.8, 4) is 5.75 Å². The van der Waals surface area contributed by atoms with E-state index in [0.717, 1.165) is 44.0 Å². The zero-order valence-electron chi connectivity index (χ0n) is 11.9. The van der Waals surface area contributed by atoms with Gasteiger partial charge in [-0.3, -0.25) is 0 Å². The number of ether oxygens (including phenoxy) is 1. The normalized spacial score (nSPS) is 19.9. The van der Waals surface area contributed by atoms with Crippen LogP contribution in [0.2, 0.25) is 0 Å². The van der Waals surface area contributed by atoms with Crippen molar-refractivity contribution in [1.29, 1.82) is 0 Å². The third kappa shape index (κ3) is 3.69. The number of benzene rings is 1. The van der Waals surface area contributed by atoms with Gasteiger partial charge in [0.25, 0.3) is 0 Å². The van der Waals surface area contributed by atoms with E-state index >= 15 is 0 Å². The minimum absolute atomic E-state index is 0.0195. The van der Waals surface area contributed by atoms with Gasteiger partial charge in [0.15, 0.2) is 0 Å². The number of nitrogens with two attached hydrogens (primary N) is 1. The zero-order valence-corrected chi connectivity index (χ0v) is 11.9. The molecular formula is C15H25N3O. The summed E-state index contributed by atoms with van der Waals surface area (Å²) < 4.78 is 5.40. The number of hydrogen-bond donors (Lipinski definition) is 2. The molecule has 1 aromatic carbocycles. The number of nitrogens with one attached hydrogen (secondary N) is 1. The van der Waals surface area contributed by atoms with Crippen LogP contribution in [0.25, 0.3) is 0 Å². The second-order valence-corrected chi connectivity index (χ2v) is 5.30. The fraction of sp³-hybridized carbons (Fsp3) is 0.600. The molecule has 0 amide bonds. The lowest BCUT2D eigenvalue weighted by Crippen LogP contribution is -2.46. The van der Waals surface area contributed by atoms with Crippen LogP contribution in [-0.2, 0) is 0 Å². The molecule has 19 heavy (non-hydrogen) atoms. The van der Waals surface area contributed by atoms with Crippen LogP contribution in [0.3, 0.4) is 0 Å². The van der Waals surface area contributed by atoms with Crippen molar-refractivity contribution >= 4 is 0 Å². The molecule has 1 aliphatic heterocycles. The SMILES string of the molecule is COc1ccccc1C(N)C(C)CN1CCNCC1. The second-order valence-electron chi connectivity index (χ2n) is 5.30. The van der Waals surface area contributed by atoms with Crippen molar-refractivity contribution in [1.82, 2.24) is 10.2 Å². The Labute approximate surface area is 115 Å². The van der Waals surface area contributed by atoms with E-state index in [1.165, 1.54) is 0 Å². The molecule has 4 heteroatoms. The van der Waals surface area contributed by atoms with E-state index in [1.807, 2.05) is 18.2 Å². The Morgan fingerprint density at radius 3 is 2.68 bits per heavy atom. The highest BCUT2D eigenvalue weighted by atomic mass is 16.5. The van der Waals surface area contributed by atoms with Gasteiger partial charge in [-0.05, 0) is 12.0 Å². The molecule has 2 rings (SSSR count). The molecule has 3 N–H and O–H groups in total. The Morgan fingerprint density at radius 1 is 1.32 bits per heavy atom. The average molecular weight is 263 g/mol. The van der Waals surface area contributed by atoms with Crippen molar-refractivity contribution in [3.05, 3.63) is 29.8 Å². The first-order valence-electron chi connectivity index (χ1n) is 7.04. The molecule has 2 atom stereocenters. The summed E-state index contributed by atoms with van der Waals surface area (Å²) in [4.78, 5) is 2.48. The largest absolute Gasteiger partial charge is 0.496 e. The molecular weight excluding hydrogens is 238 g/mol. The first kappa shape index (κ1) is 14.3. The summed E-state index contributed by atoms with van der Waals surface area (Å²) in [7, 11) is 1.70. The van der Waals surface area contributed by atoms with Gasteiger partial charge in [-0.1, -0.05) is 25.1 Å². The summed E-state index contributed by atoms with van der Waals surface area (Å²) >= 11 is 0. The number of rotatable bonds is 5. The fourth-order valence-electron chi connectivity index (χ4n) is 2.66. The minimum atomic E-state index is 0.0195. The number of hydrogen-bond acceptors (Lipinski definition) is 4. The smallest absolute Gasteiger partial charge is 0.123 e. The van der Waals surface area contributed by atoms with E-state index in [9.17, 15) is 0 Å². The molecule has 0 bridgehead atoms. The summed E-state index contributed by atoms with van der Waals surface area (Å²) in [6.45, 7) is 7.65. The maximum absolute atomic E-state index is 6.41. The van der Waals surface area contributed by atoms with Gasteiger partial charge >= 0.3 is 0 Å². The molecule has 0 aliphatic carbocycles. The Morgan fingerprint density at radius 2 is 2.00 bits per heavy atom. The third-order valence-corrected chi connectivity index (χ3v) is 3.87. The van der Waals surface area contributed by atoms with Crippen LogP contribution in [0, 0.1) is 5.92 Å². The molecule has 0 radical (unpaired) electrons. The van der Waals surface area contributed by atoms with E-state index in [4.69, 9.17) is 10.5 Å². The molecule has 2 unspecified atom stereocenters. The zero-order chi connectivity index (χ0) is 13.7. The molecule has 1 heterocycles.